The topological polar surface area (TPSA) is 20.3 Å². The fourth-order valence-electron chi connectivity index (χ4n) is 2.49. The van der Waals surface area contributed by atoms with Crippen LogP contribution in [0.1, 0.15) is 15.9 Å². The minimum Gasteiger partial charge on any atom is -0.371 e. The summed E-state index contributed by atoms with van der Waals surface area (Å²) in [7, 11) is 0. The number of carbonyl (C=O) groups is 1. The van der Waals surface area contributed by atoms with Gasteiger partial charge < -0.3 is 4.90 Å². The molecule has 1 heterocycles. The van der Waals surface area contributed by atoms with Crippen LogP contribution in [-0.4, -0.2) is 32.7 Å². The smallest absolute Gasteiger partial charge is 0.150 e. The summed E-state index contributed by atoms with van der Waals surface area (Å²) in [6.45, 7) is 2.01. The highest BCUT2D eigenvalue weighted by atomic mass is 19.1. The summed E-state index contributed by atoms with van der Waals surface area (Å²) in [6.07, 6.45) is 0.817. The largest absolute Gasteiger partial charge is 0.371 e. The van der Waals surface area contributed by atoms with E-state index >= 15 is 0 Å². The Balaban J connectivity index is 2.18. The first kappa shape index (κ1) is 13.0. The van der Waals surface area contributed by atoms with Gasteiger partial charge in [-0.2, -0.15) is 0 Å². The second kappa shape index (κ2) is 5.46. The summed E-state index contributed by atoms with van der Waals surface area (Å²) < 4.78 is 25.6. The lowest BCUT2D eigenvalue weighted by atomic mass is 9.99. The van der Waals surface area contributed by atoms with Gasteiger partial charge in [-0.1, -0.05) is 0 Å². The fraction of sp³-hybridized carbons (Fsp3) is 0.500. The van der Waals surface area contributed by atoms with E-state index in [1.165, 1.54) is 0 Å². The summed E-state index contributed by atoms with van der Waals surface area (Å²) in [5, 5.41) is 0. The molecule has 0 bridgehead atoms. The summed E-state index contributed by atoms with van der Waals surface area (Å²) in [4.78, 5) is 12.7. The van der Waals surface area contributed by atoms with Crippen LogP contribution in [0.2, 0.25) is 0 Å². The quantitative estimate of drug-likeness (QED) is 0.769. The fourth-order valence-corrected chi connectivity index (χ4v) is 2.49. The zero-order valence-electron chi connectivity index (χ0n) is 10.4. The Kier molecular flexibility index (Phi) is 3.94. The number of carbonyl (C=O) groups excluding carboxylic acids is 1. The Morgan fingerprint density at radius 2 is 1.89 bits per heavy atom. The zero-order valence-corrected chi connectivity index (χ0v) is 10.4. The predicted octanol–water partition coefficient (Wildman–Crippen LogP) is 2.80. The molecular weight excluding hydrogens is 236 g/mol. The van der Waals surface area contributed by atoms with E-state index in [2.05, 4.69) is 0 Å². The van der Waals surface area contributed by atoms with Crippen molar-refractivity contribution >= 4 is 12.0 Å². The highest BCUT2D eigenvalue weighted by molar-refractivity contribution is 5.78. The van der Waals surface area contributed by atoms with Gasteiger partial charge in [0.05, 0.1) is 13.3 Å². The lowest BCUT2D eigenvalue weighted by Gasteiger charge is -2.19. The van der Waals surface area contributed by atoms with Gasteiger partial charge in [0, 0.05) is 36.2 Å². The van der Waals surface area contributed by atoms with E-state index in [1.807, 2.05) is 24.0 Å². The number of hydrogen-bond acceptors (Lipinski definition) is 2. The van der Waals surface area contributed by atoms with Crippen LogP contribution in [0, 0.1) is 18.8 Å². The molecule has 0 radical (unpaired) electrons. The third kappa shape index (κ3) is 2.37. The first-order valence-electron chi connectivity index (χ1n) is 6.12. The van der Waals surface area contributed by atoms with Gasteiger partial charge in [-0.3, -0.25) is 13.6 Å². The summed E-state index contributed by atoms with van der Waals surface area (Å²) in [6, 6.07) is 5.50. The van der Waals surface area contributed by atoms with Gasteiger partial charge in [-0.25, -0.2) is 0 Å². The summed E-state index contributed by atoms with van der Waals surface area (Å²) in [5.74, 6) is -0.442. The van der Waals surface area contributed by atoms with Gasteiger partial charge in [-0.15, -0.1) is 0 Å². The number of anilines is 1. The molecule has 2 nitrogen and oxygen atoms in total. The molecule has 2 rings (SSSR count). The molecule has 1 saturated heterocycles. The van der Waals surface area contributed by atoms with E-state index in [9.17, 15) is 13.6 Å². The molecular formula is C14H17F2NO. The number of halogens is 2. The van der Waals surface area contributed by atoms with Crippen molar-refractivity contribution in [3.05, 3.63) is 29.3 Å². The second-order valence-corrected chi connectivity index (χ2v) is 4.89. The van der Waals surface area contributed by atoms with Crippen molar-refractivity contribution in [1.82, 2.24) is 0 Å². The molecule has 0 aromatic heterocycles. The molecule has 2 unspecified atom stereocenters. The first-order valence-corrected chi connectivity index (χ1v) is 6.12. The number of rotatable bonds is 4. The molecule has 4 heteroatoms. The van der Waals surface area contributed by atoms with E-state index in [4.69, 9.17) is 0 Å². The maximum Gasteiger partial charge on any atom is 0.150 e. The molecule has 0 N–H and O–H groups in total. The van der Waals surface area contributed by atoms with Gasteiger partial charge in [0.2, 0.25) is 0 Å². The van der Waals surface area contributed by atoms with Gasteiger partial charge in [0.25, 0.3) is 0 Å². The van der Waals surface area contributed by atoms with Crippen molar-refractivity contribution < 1.29 is 13.6 Å². The Labute approximate surface area is 106 Å². The van der Waals surface area contributed by atoms with Crippen LogP contribution in [0.3, 0.4) is 0 Å². The molecule has 0 saturated carbocycles. The van der Waals surface area contributed by atoms with Crippen molar-refractivity contribution in [3.63, 3.8) is 0 Å². The average molecular weight is 253 g/mol. The maximum absolute atomic E-state index is 12.8. The van der Waals surface area contributed by atoms with E-state index < -0.39 is 13.3 Å². The molecule has 1 fully saturated rings. The van der Waals surface area contributed by atoms with Crippen molar-refractivity contribution in [2.45, 2.75) is 6.92 Å². The summed E-state index contributed by atoms with van der Waals surface area (Å²) in [5.41, 5.74) is 2.48. The van der Waals surface area contributed by atoms with E-state index in [0.717, 1.165) is 17.5 Å². The third-order valence-electron chi connectivity index (χ3n) is 3.72. The van der Waals surface area contributed by atoms with Gasteiger partial charge in [0.1, 0.15) is 6.29 Å². The van der Waals surface area contributed by atoms with E-state index in [0.29, 0.717) is 18.7 Å². The maximum atomic E-state index is 12.8. The molecule has 1 aromatic carbocycles. The summed E-state index contributed by atoms with van der Waals surface area (Å²) >= 11 is 0. The lowest BCUT2D eigenvalue weighted by Crippen LogP contribution is -2.20. The Hall–Kier alpha value is -1.45. The second-order valence-electron chi connectivity index (χ2n) is 4.89. The number of aryl methyl sites for hydroxylation is 1. The molecule has 0 aliphatic carbocycles. The van der Waals surface area contributed by atoms with Crippen LogP contribution in [0.15, 0.2) is 18.2 Å². The van der Waals surface area contributed by atoms with Crippen molar-refractivity contribution in [1.29, 1.82) is 0 Å². The minimum atomic E-state index is -0.476. The van der Waals surface area contributed by atoms with Crippen LogP contribution in [-0.2, 0) is 0 Å². The van der Waals surface area contributed by atoms with E-state index in [1.54, 1.807) is 6.07 Å². The first-order chi connectivity index (χ1) is 8.69. The van der Waals surface area contributed by atoms with Crippen LogP contribution in [0.4, 0.5) is 14.5 Å². The van der Waals surface area contributed by atoms with Crippen molar-refractivity contribution in [2.75, 3.05) is 31.3 Å². The molecule has 1 aromatic rings. The Morgan fingerprint density at radius 1 is 1.28 bits per heavy atom. The molecule has 18 heavy (non-hydrogen) atoms. The molecule has 1 aliphatic heterocycles. The number of nitrogens with zero attached hydrogens (tertiary/aromatic N) is 1. The van der Waals surface area contributed by atoms with Gasteiger partial charge in [-0.05, 0) is 30.7 Å². The normalized spacial score (nSPS) is 23.4. The lowest BCUT2D eigenvalue weighted by molar-refractivity contribution is 0.112. The van der Waals surface area contributed by atoms with Crippen molar-refractivity contribution in [2.24, 2.45) is 11.8 Å². The Morgan fingerprint density at radius 3 is 2.33 bits per heavy atom. The predicted molar refractivity (Wildman–Crippen MR) is 67.7 cm³/mol. The molecule has 2 atom stereocenters. The van der Waals surface area contributed by atoms with Crippen LogP contribution >= 0.6 is 0 Å². The van der Waals surface area contributed by atoms with Gasteiger partial charge >= 0.3 is 0 Å². The zero-order chi connectivity index (χ0) is 13.1. The highest BCUT2D eigenvalue weighted by Gasteiger charge is 2.32. The van der Waals surface area contributed by atoms with Crippen LogP contribution in [0.25, 0.3) is 0 Å². The monoisotopic (exact) mass is 253 g/mol. The SMILES string of the molecule is Cc1cc(N2CC(CF)C(CF)C2)ccc1C=O. The molecule has 1 aliphatic rings. The minimum absolute atomic E-state index is 0.221. The van der Waals surface area contributed by atoms with Crippen LogP contribution in [0.5, 0.6) is 0 Å². The standard InChI is InChI=1S/C14H17F2NO/c1-10-4-14(3-2-11(10)9-18)17-7-12(5-15)13(6-16)8-17/h2-4,9,12-13H,5-8H2,1H3. The van der Waals surface area contributed by atoms with Gasteiger partial charge in [0.15, 0.2) is 0 Å². The average Bonchev–Trinajstić information content (AvgIpc) is 2.81. The number of benzene rings is 1. The highest BCUT2D eigenvalue weighted by Crippen LogP contribution is 2.30. The number of hydrogen-bond donors (Lipinski definition) is 0. The van der Waals surface area contributed by atoms with Crippen molar-refractivity contribution in [3.8, 4) is 0 Å². The Bertz CT molecular complexity index is 424. The molecule has 0 spiro atoms. The molecule has 0 amide bonds. The third-order valence-corrected chi connectivity index (χ3v) is 3.72. The molecule has 98 valence electrons. The number of aldehydes is 1. The number of alkyl halides is 2. The van der Waals surface area contributed by atoms with E-state index in [-0.39, 0.29) is 11.8 Å². The van der Waals surface area contributed by atoms with Crippen LogP contribution < -0.4 is 4.90 Å².